The van der Waals surface area contributed by atoms with Crippen LogP contribution in [0.15, 0.2) is 42.5 Å². The van der Waals surface area contributed by atoms with Crippen LogP contribution in [0.25, 0.3) is 0 Å². The molecule has 2 aliphatic heterocycles. The van der Waals surface area contributed by atoms with Gasteiger partial charge in [0, 0.05) is 24.4 Å². The molecule has 4 rings (SSSR count). The number of hydrogen-bond acceptors (Lipinski definition) is 4. The second-order valence-corrected chi connectivity index (χ2v) is 7.24. The number of amides is 1. The van der Waals surface area contributed by atoms with E-state index in [2.05, 4.69) is 4.90 Å². The highest BCUT2D eigenvalue weighted by molar-refractivity contribution is 6.42. The van der Waals surface area contributed by atoms with Crippen LogP contribution in [-0.2, 0) is 4.79 Å². The van der Waals surface area contributed by atoms with Crippen LogP contribution in [0.5, 0.6) is 0 Å². The number of carbonyl (C=O) groups excluding carboxylic acids is 1. The molecule has 2 heterocycles. The zero-order valence-electron chi connectivity index (χ0n) is 13.6. The Bertz CT molecular complexity index is 888. The van der Waals surface area contributed by atoms with Crippen molar-refractivity contribution in [1.29, 1.82) is 0 Å². The van der Waals surface area contributed by atoms with Gasteiger partial charge < -0.3 is 0 Å². The Morgan fingerprint density at radius 1 is 1.08 bits per heavy atom. The van der Waals surface area contributed by atoms with E-state index < -0.39 is 4.92 Å². The SMILES string of the molecule is O=C1[C@H]2CCCN2[C@H](c2ccc([N+](=O)[O-])cc2)N1c1ccc(Cl)c(Cl)c1. The number of nitro groups is 1. The number of fused-ring (bicyclic) bond motifs is 1. The molecule has 2 saturated heterocycles. The molecule has 0 unspecified atom stereocenters. The summed E-state index contributed by atoms with van der Waals surface area (Å²) in [5, 5.41) is 11.7. The quantitative estimate of drug-likeness (QED) is 0.573. The summed E-state index contributed by atoms with van der Waals surface area (Å²) in [5.74, 6) is 0.0178. The fourth-order valence-electron chi connectivity index (χ4n) is 3.79. The molecule has 8 heteroatoms. The maximum atomic E-state index is 13.0. The fraction of sp³-hybridized carbons (Fsp3) is 0.278. The van der Waals surface area contributed by atoms with Gasteiger partial charge in [-0.3, -0.25) is 24.7 Å². The van der Waals surface area contributed by atoms with Crippen molar-refractivity contribution in [2.45, 2.75) is 25.0 Å². The van der Waals surface area contributed by atoms with Crippen LogP contribution < -0.4 is 4.90 Å². The van der Waals surface area contributed by atoms with Crippen molar-refractivity contribution < 1.29 is 9.72 Å². The van der Waals surface area contributed by atoms with Crippen LogP contribution in [0, 0.1) is 10.1 Å². The first-order valence-electron chi connectivity index (χ1n) is 8.25. The van der Waals surface area contributed by atoms with E-state index in [0.717, 1.165) is 24.9 Å². The average molecular weight is 392 g/mol. The Hall–Kier alpha value is -2.15. The third kappa shape index (κ3) is 2.74. The highest BCUT2D eigenvalue weighted by Crippen LogP contribution is 2.43. The van der Waals surface area contributed by atoms with Crippen molar-refractivity contribution in [3.63, 3.8) is 0 Å². The summed E-state index contributed by atoms with van der Waals surface area (Å²) in [5.41, 5.74) is 1.53. The highest BCUT2D eigenvalue weighted by Gasteiger charge is 2.49. The Morgan fingerprint density at radius 3 is 2.46 bits per heavy atom. The number of non-ortho nitro benzene ring substituents is 1. The molecule has 6 nitrogen and oxygen atoms in total. The molecule has 0 spiro atoms. The van der Waals surface area contributed by atoms with Gasteiger partial charge in [-0.15, -0.1) is 0 Å². The van der Waals surface area contributed by atoms with E-state index in [-0.39, 0.29) is 23.8 Å². The van der Waals surface area contributed by atoms with E-state index in [4.69, 9.17) is 23.2 Å². The van der Waals surface area contributed by atoms with Gasteiger partial charge in [-0.1, -0.05) is 23.2 Å². The predicted molar refractivity (Wildman–Crippen MR) is 99.5 cm³/mol. The number of anilines is 1. The summed E-state index contributed by atoms with van der Waals surface area (Å²) >= 11 is 12.2. The zero-order chi connectivity index (χ0) is 18.4. The third-order valence-electron chi connectivity index (χ3n) is 4.96. The maximum Gasteiger partial charge on any atom is 0.269 e. The lowest BCUT2D eigenvalue weighted by atomic mass is 10.1. The minimum atomic E-state index is -0.432. The lowest BCUT2D eigenvalue weighted by Gasteiger charge is -2.29. The molecule has 0 aliphatic carbocycles. The molecule has 2 aliphatic rings. The molecule has 0 aromatic heterocycles. The molecule has 0 radical (unpaired) electrons. The Labute approximate surface area is 160 Å². The fourth-order valence-corrected chi connectivity index (χ4v) is 4.08. The van der Waals surface area contributed by atoms with Crippen LogP contribution >= 0.6 is 23.2 Å². The molecular formula is C18H15Cl2N3O3. The smallest absolute Gasteiger partial charge is 0.269 e. The molecule has 0 saturated carbocycles. The van der Waals surface area contributed by atoms with Crippen molar-refractivity contribution in [2.75, 3.05) is 11.4 Å². The molecule has 134 valence electrons. The summed E-state index contributed by atoms with van der Waals surface area (Å²) in [6.45, 7) is 0.801. The van der Waals surface area contributed by atoms with Gasteiger partial charge in [0.15, 0.2) is 0 Å². The standard InChI is InChI=1S/C18H15Cl2N3O3/c19-14-8-7-13(10-15(14)20)22-17(21-9-1-2-16(21)18(22)24)11-3-5-12(6-4-11)23(25)26/h3-8,10,16-17H,1-2,9H2/t16-,17+/m1/s1. The van der Waals surface area contributed by atoms with Gasteiger partial charge in [-0.05, 0) is 48.7 Å². The van der Waals surface area contributed by atoms with Crippen molar-refractivity contribution in [3.05, 3.63) is 68.2 Å². The lowest BCUT2D eigenvalue weighted by molar-refractivity contribution is -0.384. The monoisotopic (exact) mass is 391 g/mol. The van der Waals surface area contributed by atoms with Crippen LogP contribution in [0.2, 0.25) is 10.0 Å². The topological polar surface area (TPSA) is 66.7 Å². The Morgan fingerprint density at radius 2 is 1.81 bits per heavy atom. The zero-order valence-corrected chi connectivity index (χ0v) is 15.2. The number of rotatable bonds is 3. The number of nitrogens with zero attached hydrogens (tertiary/aromatic N) is 3. The molecule has 1 amide bonds. The number of nitro benzene ring substituents is 1. The molecular weight excluding hydrogens is 377 g/mol. The molecule has 26 heavy (non-hydrogen) atoms. The van der Waals surface area contributed by atoms with E-state index in [1.165, 1.54) is 12.1 Å². The Kier molecular flexibility index (Phi) is 4.34. The number of halogens is 2. The van der Waals surface area contributed by atoms with E-state index in [1.54, 1.807) is 35.2 Å². The summed E-state index contributed by atoms with van der Waals surface area (Å²) < 4.78 is 0. The maximum absolute atomic E-state index is 13.0. The first kappa shape index (κ1) is 17.3. The van der Waals surface area contributed by atoms with Gasteiger partial charge in [0.1, 0.15) is 6.17 Å². The predicted octanol–water partition coefficient (Wildman–Crippen LogP) is 4.41. The molecule has 2 fully saturated rings. The van der Waals surface area contributed by atoms with Crippen LogP contribution in [0.4, 0.5) is 11.4 Å². The van der Waals surface area contributed by atoms with Crippen LogP contribution in [-0.4, -0.2) is 28.3 Å². The lowest BCUT2D eigenvalue weighted by Crippen LogP contribution is -2.32. The van der Waals surface area contributed by atoms with Crippen molar-refractivity contribution in [2.24, 2.45) is 0 Å². The molecule has 0 N–H and O–H groups in total. The number of benzene rings is 2. The normalized spacial score (nSPS) is 22.7. The Balaban J connectivity index is 1.78. The minimum Gasteiger partial charge on any atom is -0.290 e. The highest BCUT2D eigenvalue weighted by atomic mass is 35.5. The number of carbonyl (C=O) groups is 1. The molecule has 2 aromatic rings. The average Bonchev–Trinajstić information content (AvgIpc) is 3.20. The molecule has 2 atom stereocenters. The van der Waals surface area contributed by atoms with Gasteiger partial charge in [0.2, 0.25) is 5.91 Å². The van der Waals surface area contributed by atoms with E-state index in [0.29, 0.717) is 15.7 Å². The van der Waals surface area contributed by atoms with Crippen molar-refractivity contribution >= 4 is 40.5 Å². The van der Waals surface area contributed by atoms with Crippen molar-refractivity contribution in [1.82, 2.24) is 4.90 Å². The second kappa shape index (κ2) is 6.54. The van der Waals surface area contributed by atoms with Crippen molar-refractivity contribution in [3.8, 4) is 0 Å². The van der Waals surface area contributed by atoms with E-state index >= 15 is 0 Å². The first-order chi connectivity index (χ1) is 12.5. The first-order valence-corrected chi connectivity index (χ1v) is 9.01. The van der Waals surface area contributed by atoms with Gasteiger partial charge in [-0.25, -0.2) is 0 Å². The third-order valence-corrected chi connectivity index (χ3v) is 5.70. The van der Waals surface area contributed by atoms with Gasteiger partial charge in [-0.2, -0.15) is 0 Å². The summed E-state index contributed by atoms with van der Waals surface area (Å²) in [4.78, 5) is 27.4. The largest absolute Gasteiger partial charge is 0.290 e. The summed E-state index contributed by atoms with van der Waals surface area (Å²) in [6, 6.07) is 11.3. The van der Waals surface area contributed by atoms with Crippen LogP contribution in [0.3, 0.4) is 0 Å². The second-order valence-electron chi connectivity index (χ2n) is 6.42. The molecule has 0 bridgehead atoms. The van der Waals surface area contributed by atoms with Gasteiger partial charge in [0.05, 0.1) is 21.0 Å². The van der Waals surface area contributed by atoms with Crippen LogP contribution in [0.1, 0.15) is 24.6 Å². The van der Waals surface area contributed by atoms with Gasteiger partial charge >= 0.3 is 0 Å². The van der Waals surface area contributed by atoms with E-state index in [9.17, 15) is 14.9 Å². The summed E-state index contributed by atoms with van der Waals surface area (Å²) in [6.07, 6.45) is 1.45. The number of hydrogen-bond donors (Lipinski definition) is 0. The van der Waals surface area contributed by atoms with Gasteiger partial charge in [0.25, 0.3) is 5.69 Å². The molecule has 2 aromatic carbocycles. The minimum absolute atomic E-state index is 0.0178. The van der Waals surface area contributed by atoms with E-state index in [1.807, 2.05) is 0 Å². The summed E-state index contributed by atoms with van der Waals surface area (Å²) in [7, 11) is 0.